The molecule has 3 rings (SSSR count). The molecular weight excluding hydrogens is 359 g/mol. The first kappa shape index (κ1) is 18.1. The average molecular weight is 381 g/mol. The number of benzene rings is 1. The average Bonchev–Trinajstić information content (AvgIpc) is 3.18. The van der Waals surface area contributed by atoms with E-state index in [1.807, 2.05) is 13.8 Å². The van der Waals surface area contributed by atoms with Gasteiger partial charge in [-0.1, -0.05) is 17.7 Å². The fourth-order valence-corrected chi connectivity index (χ4v) is 3.79. The van der Waals surface area contributed by atoms with Gasteiger partial charge in [0.2, 0.25) is 0 Å². The van der Waals surface area contributed by atoms with Gasteiger partial charge in [-0.25, -0.2) is 9.37 Å². The molecule has 4 nitrogen and oxygen atoms in total. The van der Waals surface area contributed by atoms with E-state index in [9.17, 15) is 4.39 Å². The third kappa shape index (κ3) is 4.70. The summed E-state index contributed by atoms with van der Waals surface area (Å²) in [7, 11) is 0. The van der Waals surface area contributed by atoms with Crippen molar-refractivity contribution in [2.45, 2.75) is 38.6 Å². The van der Waals surface area contributed by atoms with Crippen LogP contribution in [-0.2, 0) is 6.42 Å². The number of aromatic nitrogens is 1. The van der Waals surface area contributed by atoms with E-state index in [0.29, 0.717) is 17.1 Å². The molecule has 2 N–H and O–H groups in total. The van der Waals surface area contributed by atoms with Crippen LogP contribution in [0.2, 0.25) is 5.02 Å². The summed E-state index contributed by atoms with van der Waals surface area (Å²) in [6.07, 6.45) is 1.67. The standard InChI is InChI=1S/C18H22ClFN4S/c1-3-21-18(22-8-7-12-10-25-11(2)23-12)24-16-9-13(16)17-14(19)5-4-6-15(17)20/h4-6,10,13,16H,3,7-9H2,1-2H3,(H2,21,22,24). The molecule has 134 valence electrons. The number of guanidine groups is 1. The number of nitrogens with zero attached hydrogens (tertiary/aromatic N) is 2. The summed E-state index contributed by atoms with van der Waals surface area (Å²) in [5, 5.41) is 10.3. The third-order valence-electron chi connectivity index (χ3n) is 4.13. The fourth-order valence-electron chi connectivity index (χ4n) is 2.84. The second-order valence-corrected chi connectivity index (χ2v) is 7.57. The zero-order valence-electron chi connectivity index (χ0n) is 14.4. The Hall–Kier alpha value is -1.66. The minimum Gasteiger partial charge on any atom is -0.357 e. The van der Waals surface area contributed by atoms with Crippen LogP contribution >= 0.6 is 22.9 Å². The Balaban J connectivity index is 1.58. The van der Waals surface area contributed by atoms with Gasteiger partial charge >= 0.3 is 0 Å². The Morgan fingerprint density at radius 1 is 1.48 bits per heavy atom. The Morgan fingerprint density at radius 3 is 3.00 bits per heavy atom. The van der Waals surface area contributed by atoms with Crippen molar-refractivity contribution in [2.75, 3.05) is 13.1 Å². The van der Waals surface area contributed by atoms with Gasteiger partial charge in [0.25, 0.3) is 0 Å². The highest BCUT2D eigenvalue weighted by Crippen LogP contribution is 2.44. The first-order valence-corrected chi connectivity index (χ1v) is 9.74. The van der Waals surface area contributed by atoms with Crippen LogP contribution in [0.1, 0.15) is 35.5 Å². The van der Waals surface area contributed by atoms with E-state index in [-0.39, 0.29) is 17.8 Å². The smallest absolute Gasteiger partial charge is 0.191 e. The molecular formula is C18H22ClFN4S. The lowest BCUT2D eigenvalue weighted by Crippen LogP contribution is -2.39. The van der Waals surface area contributed by atoms with Crippen molar-refractivity contribution in [2.24, 2.45) is 4.99 Å². The van der Waals surface area contributed by atoms with Crippen molar-refractivity contribution in [3.63, 3.8) is 0 Å². The minimum absolute atomic E-state index is 0.0961. The summed E-state index contributed by atoms with van der Waals surface area (Å²) in [5.74, 6) is 0.621. The molecule has 1 aromatic carbocycles. The Morgan fingerprint density at radius 2 is 2.32 bits per heavy atom. The highest BCUT2D eigenvalue weighted by Gasteiger charge is 2.41. The fraction of sp³-hybridized carbons (Fsp3) is 0.444. The maximum atomic E-state index is 14.0. The van der Waals surface area contributed by atoms with Crippen molar-refractivity contribution in [3.05, 3.63) is 50.7 Å². The van der Waals surface area contributed by atoms with Crippen molar-refractivity contribution < 1.29 is 4.39 Å². The largest absolute Gasteiger partial charge is 0.357 e. The molecule has 1 aliphatic carbocycles. The lowest BCUT2D eigenvalue weighted by Gasteiger charge is -2.12. The van der Waals surface area contributed by atoms with Gasteiger partial charge in [-0.05, 0) is 32.4 Å². The van der Waals surface area contributed by atoms with Gasteiger partial charge in [0.1, 0.15) is 5.82 Å². The van der Waals surface area contributed by atoms with Crippen LogP contribution in [0.5, 0.6) is 0 Å². The zero-order valence-corrected chi connectivity index (χ0v) is 15.9. The number of nitrogens with one attached hydrogen (secondary N) is 2. The van der Waals surface area contributed by atoms with E-state index < -0.39 is 0 Å². The summed E-state index contributed by atoms with van der Waals surface area (Å²) < 4.78 is 14.0. The van der Waals surface area contributed by atoms with Crippen molar-refractivity contribution in [3.8, 4) is 0 Å². The molecule has 0 spiro atoms. The summed E-state index contributed by atoms with van der Waals surface area (Å²) in [6.45, 7) is 5.47. The van der Waals surface area contributed by atoms with Gasteiger partial charge in [0.15, 0.2) is 5.96 Å². The highest BCUT2D eigenvalue weighted by atomic mass is 35.5. The highest BCUT2D eigenvalue weighted by molar-refractivity contribution is 7.09. The molecule has 2 aromatic rings. The zero-order chi connectivity index (χ0) is 17.8. The quantitative estimate of drug-likeness (QED) is 0.590. The molecule has 0 amide bonds. The summed E-state index contributed by atoms with van der Waals surface area (Å²) in [5.41, 5.74) is 1.68. The lowest BCUT2D eigenvalue weighted by molar-refractivity contribution is 0.608. The summed E-state index contributed by atoms with van der Waals surface area (Å²) in [4.78, 5) is 9.05. The Labute approximate surface area is 156 Å². The topological polar surface area (TPSA) is 49.3 Å². The van der Waals surface area contributed by atoms with Crippen LogP contribution in [0.25, 0.3) is 0 Å². The molecule has 2 unspecified atom stereocenters. The number of hydrogen-bond donors (Lipinski definition) is 2. The van der Waals surface area contributed by atoms with E-state index in [1.54, 1.807) is 23.5 Å². The first-order chi connectivity index (χ1) is 12.1. The molecule has 0 aliphatic heterocycles. The van der Waals surface area contributed by atoms with Crippen LogP contribution in [0.4, 0.5) is 4.39 Å². The number of aliphatic imine (C=N–C) groups is 1. The molecule has 1 fully saturated rings. The second kappa shape index (κ2) is 8.15. The van der Waals surface area contributed by atoms with Crippen LogP contribution in [0.3, 0.4) is 0 Å². The summed E-state index contributed by atoms with van der Waals surface area (Å²) in [6, 6.07) is 5.00. The molecule has 1 aromatic heterocycles. The van der Waals surface area contributed by atoms with Gasteiger partial charge in [-0.2, -0.15) is 0 Å². The number of thiazole rings is 1. The Bertz CT molecular complexity index is 741. The van der Waals surface area contributed by atoms with Crippen LogP contribution in [-0.4, -0.2) is 30.1 Å². The molecule has 1 aliphatic rings. The molecule has 1 saturated carbocycles. The maximum absolute atomic E-state index is 14.0. The van der Waals surface area contributed by atoms with Gasteiger partial charge in [-0.3, -0.25) is 4.99 Å². The molecule has 2 atom stereocenters. The molecule has 0 bridgehead atoms. The molecule has 7 heteroatoms. The lowest BCUT2D eigenvalue weighted by atomic mass is 10.1. The van der Waals surface area contributed by atoms with Crippen molar-refractivity contribution in [1.82, 2.24) is 15.6 Å². The number of rotatable bonds is 6. The van der Waals surface area contributed by atoms with Crippen molar-refractivity contribution >= 4 is 28.9 Å². The van der Waals surface area contributed by atoms with Gasteiger partial charge in [0.05, 0.1) is 10.7 Å². The maximum Gasteiger partial charge on any atom is 0.191 e. The number of hydrogen-bond acceptors (Lipinski definition) is 3. The van der Waals surface area contributed by atoms with E-state index in [2.05, 4.69) is 26.0 Å². The van der Waals surface area contributed by atoms with Crippen LogP contribution < -0.4 is 10.6 Å². The predicted octanol–water partition coefficient (Wildman–Crippen LogP) is 3.90. The van der Waals surface area contributed by atoms with E-state index in [4.69, 9.17) is 11.6 Å². The molecule has 0 saturated heterocycles. The normalized spacial score (nSPS) is 19.8. The van der Waals surface area contributed by atoms with Gasteiger partial charge < -0.3 is 10.6 Å². The molecule has 0 radical (unpaired) electrons. The minimum atomic E-state index is -0.234. The third-order valence-corrected chi connectivity index (χ3v) is 5.28. The van der Waals surface area contributed by atoms with Crippen molar-refractivity contribution in [1.29, 1.82) is 0 Å². The SMILES string of the molecule is CCNC(=NCCc1csc(C)n1)NC1CC1c1c(F)cccc1Cl. The predicted molar refractivity (Wildman–Crippen MR) is 102 cm³/mol. The first-order valence-electron chi connectivity index (χ1n) is 8.48. The van der Waals surface area contributed by atoms with Crippen LogP contribution in [0, 0.1) is 12.7 Å². The molecule has 1 heterocycles. The Kier molecular flexibility index (Phi) is 5.91. The van der Waals surface area contributed by atoms with E-state index in [0.717, 1.165) is 36.0 Å². The summed E-state index contributed by atoms with van der Waals surface area (Å²) >= 11 is 7.82. The van der Waals surface area contributed by atoms with Gasteiger partial charge in [-0.15, -0.1) is 11.3 Å². The van der Waals surface area contributed by atoms with Crippen LogP contribution in [0.15, 0.2) is 28.6 Å². The van der Waals surface area contributed by atoms with Gasteiger partial charge in [0, 0.05) is 47.4 Å². The second-order valence-electron chi connectivity index (χ2n) is 6.10. The molecule has 25 heavy (non-hydrogen) atoms. The number of halogens is 2. The number of aryl methyl sites for hydroxylation is 1. The monoisotopic (exact) mass is 380 g/mol. The van der Waals surface area contributed by atoms with E-state index >= 15 is 0 Å². The van der Waals surface area contributed by atoms with E-state index in [1.165, 1.54) is 6.07 Å².